The van der Waals surface area contributed by atoms with E-state index in [1.54, 1.807) is 0 Å². The molecule has 1 N–H and O–H groups in total. The van der Waals surface area contributed by atoms with Crippen LogP contribution in [0.5, 0.6) is 0 Å². The van der Waals surface area contributed by atoms with Crippen LogP contribution in [0.2, 0.25) is 0 Å². The van der Waals surface area contributed by atoms with E-state index in [2.05, 4.69) is 10.2 Å². The molecule has 0 aromatic carbocycles. The van der Waals surface area contributed by atoms with E-state index in [1.807, 2.05) is 14.0 Å². The van der Waals surface area contributed by atoms with Crippen molar-refractivity contribution in [3.63, 3.8) is 0 Å². The van der Waals surface area contributed by atoms with Gasteiger partial charge in [-0.2, -0.15) is 0 Å². The zero-order valence-electron chi connectivity index (χ0n) is 10.6. The summed E-state index contributed by atoms with van der Waals surface area (Å²) in [6, 6.07) is 0.348. The minimum atomic E-state index is 0. The molecular formula is C12H23ClN2O2. The Hall–Kier alpha value is -0.320. The van der Waals surface area contributed by atoms with Gasteiger partial charge in [0.1, 0.15) is 0 Å². The van der Waals surface area contributed by atoms with Gasteiger partial charge in [0, 0.05) is 19.0 Å². The number of ether oxygens (including phenoxy) is 1. The molecule has 0 radical (unpaired) electrons. The zero-order valence-corrected chi connectivity index (χ0v) is 11.5. The highest BCUT2D eigenvalue weighted by molar-refractivity contribution is 5.85. The lowest BCUT2D eigenvalue weighted by Crippen LogP contribution is -2.53. The second-order valence-corrected chi connectivity index (χ2v) is 4.90. The Morgan fingerprint density at radius 3 is 3.00 bits per heavy atom. The second kappa shape index (κ2) is 6.57. The van der Waals surface area contributed by atoms with E-state index in [9.17, 15) is 4.79 Å². The average Bonchev–Trinajstić information content (AvgIpc) is 2.76. The van der Waals surface area contributed by atoms with E-state index < -0.39 is 0 Å². The molecule has 0 spiro atoms. The summed E-state index contributed by atoms with van der Waals surface area (Å²) in [5.41, 5.74) is 0. The summed E-state index contributed by atoms with van der Waals surface area (Å²) in [6.07, 6.45) is 3.73. The molecule has 0 aromatic rings. The van der Waals surface area contributed by atoms with Crippen LogP contribution >= 0.6 is 12.4 Å². The lowest BCUT2D eigenvalue weighted by atomic mass is 10.1. The van der Waals surface area contributed by atoms with E-state index in [1.165, 1.54) is 6.42 Å². The van der Waals surface area contributed by atoms with E-state index in [-0.39, 0.29) is 24.2 Å². The van der Waals surface area contributed by atoms with Crippen LogP contribution in [-0.2, 0) is 9.53 Å². The van der Waals surface area contributed by atoms with Crippen molar-refractivity contribution in [3.8, 4) is 0 Å². The van der Waals surface area contributed by atoms with Gasteiger partial charge < -0.3 is 15.0 Å². The number of carbonyl (C=O) groups excluding carboxylic acids is 1. The SMILES string of the molecule is CNCC(C)C(=O)N1CCOC2CCCC21.Cl. The van der Waals surface area contributed by atoms with Crippen LogP contribution in [0.15, 0.2) is 0 Å². The molecule has 2 aliphatic rings. The maximum Gasteiger partial charge on any atom is 0.227 e. The molecular weight excluding hydrogens is 240 g/mol. The number of fused-ring (bicyclic) bond motifs is 1. The van der Waals surface area contributed by atoms with Gasteiger partial charge in [-0.3, -0.25) is 4.79 Å². The molecule has 4 nitrogen and oxygen atoms in total. The number of hydrogen-bond acceptors (Lipinski definition) is 3. The normalized spacial score (nSPS) is 29.4. The number of carbonyl (C=O) groups is 1. The largest absolute Gasteiger partial charge is 0.374 e. The molecule has 3 atom stereocenters. The third kappa shape index (κ3) is 3.12. The fraction of sp³-hybridized carbons (Fsp3) is 0.917. The number of morpholine rings is 1. The van der Waals surface area contributed by atoms with Gasteiger partial charge in [0.2, 0.25) is 5.91 Å². The standard InChI is InChI=1S/C12H22N2O2.ClH/c1-9(8-13-2)12(15)14-6-7-16-11-5-3-4-10(11)14;/h9-11,13H,3-8H2,1-2H3;1H. The van der Waals surface area contributed by atoms with Crippen molar-refractivity contribution >= 4 is 18.3 Å². The Morgan fingerprint density at radius 1 is 1.53 bits per heavy atom. The minimum absolute atomic E-state index is 0. The first-order valence-corrected chi connectivity index (χ1v) is 6.30. The van der Waals surface area contributed by atoms with E-state index in [0.717, 1.165) is 25.9 Å². The van der Waals surface area contributed by atoms with Crippen molar-refractivity contribution in [2.75, 3.05) is 26.7 Å². The van der Waals surface area contributed by atoms with Crippen LogP contribution in [0, 0.1) is 5.92 Å². The van der Waals surface area contributed by atoms with E-state index >= 15 is 0 Å². The number of amides is 1. The highest BCUT2D eigenvalue weighted by atomic mass is 35.5. The first kappa shape index (κ1) is 14.7. The summed E-state index contributed by atoms with van der Waals surface area (Å²) in [7, 11) is 1.89. The van der Waals surface area contributed by atoms with Gasteiger partial charge in [0.05, 0.1) is 18.8 Å². The second-order valence-electron chi connectivity index (χ2n) is 4.90. The highest BCUT2D eigenvalue weighted by Gasteiger charge is 2.39. The molecule has 2 fully saturated rings. The summed E-state index contributed by atoms with van der Waals surface area (Å²) in [6.45, 7) is 4.24. The van der Waals surface area contributed by atoms with Crippen molar-refractivity contribution in [1.82, 2.24) is 10.2 Å². The monoisotopic (exact) mass is 262 g/mol. The predicted octanol–water partition coefficient (Wildman–Crippen LogP) is 1.04. The van der Waals surface area contributed by atoms with Gasteiger partial charge in [-0.05, 0) is 26.3 Å². The van der Waals surface area contributed by atoms with Crippen LogP contribution in [0.25, 0.3) is 0 Å². The molecule has 1 saturated heterocycles. The Kier molecular flexibility index (Phi) is 5.70. The summed E-state index contributed by atoms with van der Waals surface area (Å²) in [5.74, 6) is 0.360. The molecule has 2 rings (SSSR count). The number of halogens is 1. The molecule has 100 valence electrons. The molecule has 17 heavy (non-hydrogen) atoms. The fourth-order valence-electron chi connectivity index (χ4n) is 2.88. The Morgan fingerprint density at radius 2 is 2.29 bits per heavy atom. The molecule has 3 unspecified atom stereocenters. The van der Waals surface area contributed by atoms with Crippen molar-refractivity contribution < 1.29 is 9.53 Å². The summed E-state index contributed by atoms with van der Waals surface area (Å²) in [4.78, 5) is 14.3. The lowest BCUT2D eigenvalue weighted by Gasteiger charge is -2.39. The number of nitrogens with one attached hydrogen (secondary N) is 1. The van der Waals surface area contributed by atoms with Crippen LogP contribution in [0.3, 0.4) is 0 Å². The minimum Gasteiger partial charge on any atom is -0.374 e. The topological polar surface area (TPSA) is 41.6 Å². The zero-order chi connectivity index (χ0) is 11.5. The first-order valence-electron chi connectivity index (χ1n) is 6.30. The van der Waals surface area contributed by atoms with Crippen molar-refractivity contribution in [3.05, 3.63) is 0 Å². The predicted molar refractivity (Wildman–Crippen MR) is 69.4 cm³/mol. The van der Waals surface area contributed by atoms with Crippen molar-refractivity contribution in [2.45, 2.75) is 38.3 Å². The maximum atomic E-state index is 12.3. The number of hydrogen-bond donors (Lipinski definition) is 1. The van der Waals surface area contributed by atoms with Gasteiger partial charge in [-0.25, -0.2) is 0 Å². The van der Waals surface area contributed by atoms with Crippen LogP contribution < -0.4 is 5.32 Å². The molecule has 0 bridgehead atoms. The fourth-order valence-corrected chi connectivity index (χ4v) is 2.88. The van der Waals surface area contributed by atoms with Crippen molar-refractivity contribution in [1.29, 1.82) is 0 Å². The van der Waals surface area contributed by atoms with Crippen LogP contribution in [0.4, 0.5) is 0 Å². The third-order valence-electron chi connectivity index (χ3n) is 3.70. The Labute approximate surface area is 109 Å². The molecule has 1 heterocycles. The van der Waals surface area contributed by atoms with Gasteiger partial charge in [-0.1, -0.05) is 6.92 Å². The average molecular weight is 263 g/mol. The van der Waals surface area contributed by atoms with Crippen LogP contribution in [-0.4, -0.2) is 49.7 Å². The van der Waals surface area contributed by atoms with Crippen molar-refractivity contribution in [2.24, 2.45) is 5.92 Å². The molecule has 1 saturated carbocycles. The first-order chi connectivity index (χ1) is 7.74. The number of nitrogens with zero attached hydrogens (tertiary/aromatic N) is 1. The summed E-state index contributed by atoms with van der Waals surface area (Å²) >= 11 is 0. The van der Waals surface area contributed by atoms with Gasteiger partial charge in [-0.15, -0.1) is 12.4 Å². The smallest absolute Gasteiger partial charge is 0.227 e. The van der Waals surface area contributed by atoms with Gasteiger partial charge in [0.15, 0.2) is 0 Å². The lowest BCUT2D eigenvalue weighted by molar-refractivity contribution is -0.147. The Balaban J connectivity index is 0.00000144. The van der Waals surface area contributed by atoms with Crippen LogP contribution in [0.1, 0.15) is 26.2 Å². The molecule has 5 heteroatoms. The summed E-state index contributed by atoms with van der Waals surface area (Å²) in [5, 5.41) is 3.07. The van der Waals surface area contributed by atoms with E-state index in [4.69, 9.17) is 4.74 Å². The molecule has 0 aromatic heterocycles. The highest BCUT2D eigenvalue weighted by Crippen LogP contribution is 2.30. The number of rotatable bonds is 3. The quantitative estimate of drug-likeness (QED) is 0.827. The Bertz CT molecular complexity index is 263. The molecule has 1 aliphatic carbocycles. The van der Waals surface area contributed by atoms with Gasteiger partial charge in [0.25, 0.3) is 0 Å². The molecule has 1 amide bonds. The van der Waals surface area contributed by atoms with E-state index in [0.29, 0.717) is 18.8 Å². The summed E-state index contributed by atoms with van der Waals surface area (Å²) < 4.78 is 5.71. The maximum absolute atomic E-state index is 12.3. The molecule has 1 aliphatic heterocycles. The third-order valence-corrected chi connectivity index (χ3v) is 3.70. The van der Waals surface area contributed by atoms with Gasteiger partial charge >= 0.3 is 0 Å².